The zero-order valence-electron chi connectivity index (χ0n) is 6.81. The number of anilines is 1. The third kappa shape index (κ3) is 1.17. The zero-order chi connectivity index (χ0) is 10.1. The first-order valence-corrected chi connectivity index (χ1v) is 3.69. The molecule has 0 saturated carbocycles. The Morgan fingerprint density at radius 3 is 2.57 bits per heavy atom. The van der Waals surface area contributed by atoms with Gasteiger partial charge in [0.25, 0.3) is 0 Å². The molecule has 2 rings (SSSR count). The molecule has 0 fully saturated rings. The van der Waals surface area contributed by atoms with Crippen LogP contribution in [-0.4, -0.2) is 5.21 Å². The highest BCUT2D eigenvalue weighted by atomic mass is 16.5. The van der Waals surface area contributed by atoms with Gasteiger partial charge in [-0.1, -0.05) is 6.07 Å². The minimum Gasteiger partial charge on any atom is -0.414 e. The van der Waals surface area contributed by atoms with E-state index in [1.54, 1.807) is 0 Å². The van der Waals surface area contributed by atoms with Gasteiger partial charge in [0.2, 0.25) is 0 Å². The van der Waals surface area contributed by atoms with Crippen LogP contribution in [0.25, 0.3) is 11.2 Å². The summed E-state index contributed by atoms with van der Waals surface area (Å²) in [5.74, 6) is 0. The molecule has 0 atom stereocenters. The molecule has 1 aromatic carbocycles. The van der Waals surface area contributed by atoms with Crippen LogP contribution in [0, 0.1) is 0 Å². The largest absolute Gasteiger partial charge is 0.423 e. The highest BCUT2D eigenvalue weighted by Gasteiger charge is 2.07. The first kappa shape index (κ1) is 8.52. The van der Waals surface area contributed by atoms with E-state index >= 15 is 0 Å². The predicted octanol–water partition coefficient (Wildman–Crippen LogP) is 0.547. The van der Waals surface area contributed by atoms with E-state index in [1.165, 1.54) is 18.2 Å². The van der Waals surface area contributed by atoms with Gasteiger partial charge in [-0.05, 0) is 12.1 Å². The Morgan fingerprint density at radius 1 is 1.14 bits per heavy atom. The van der Waals surface area contributed by atoms with Crippen LogP contribution in [0.2, 0.25) is 0 Å². The molecule has 2 N–H and O–H groups in total. The van der Waals surface area contributed by atoms with Crippen LogP contribution < -0.4 is 16.7 Å². The molecule has 0 spiro atoms. The van der Waals surface area contributed by atoms with Crippen LogP contribution in [0.1, 0.15) is 0 Å². The Morgan fingerprint density at radius 2 is 1.86 bits per heavy atom. The molecule has 1 aromatic heterocycles. The summed E-state index contributed by atoms with van der Waals surface area (Å²) in [5.41, 5.74) is -0.118. The van der Waals surface area contributed by atoms with Crippen molar-refractivity contribution in [1.29, 1.82) is 0 Å². The molecule has 2 aromatic rings. The van der Waals surface area contributed by atoms with Crippen molar-refractivity contribution in [2.24, 2.45) is 0 Å². The Bertz CT molecular complexity index is 582. The first-order valence-electron chi connectivity index (χ1n) is 3.69. The maximum atomic E-state index is 10.8. The van der Waals surface area contributed by atoms with Crippen molar-refractivity contribution in [3.05, 3.63) is 39.0 Å². The fourth-order valence-electron chi connectivity index (χ4n) is 1.07. The second-order valence-corrected chi connectivity index (χ2v) is 2.52. The van der Waals surface area contributed by atoms with Crippen LogP contribution in [-0.2, 0) is 0 Å². The molecule has 0 aliphatic heterocycles. The van der Waals surface area contributed by atoms with E-state index in [0.29, 0.717) is 0 Å². The van der Waals surface area contributed by atoms with E-state index in [-0.39, 0.29) is 16.9 Å². The Labute approximate surface area is 76.3 Å². The fourth-order valence-corrected chi connectivity index (χ4v) is 1.07. The van der Waals surface area contributed by atoms with Gasteiger partial charge in [0.1, 0.15) is 5.69 Å². The van der Waals surface area contributed by atoms with E-state index in [9.17, 15) is 9.59 Å². The van der Waals surface area contributed by atoms with Gasteiger partial charge in [-0.3, -0.25) is 10.7 Å². The molecule has 0 radical (unpaired) electrons. The minimum absolute atomic E-state index is 0.000370. The summed E-state index contributed by atoms with van der Waals surface area (Å²) in [6, 6.07) is 4.44. The predicted molar refractivity (Wildman–Crippen MR) is 46.4 cm³/mol. The summed E-state index contributed by atoms with van der Waals surface area (Å²) in [6.45, 7) is 0. The molecule has 0 amide bonds. The summed E-state index contributed by atoms with van der Waals surface area (Å²) in [5, 5.41) is 8.66. The molecule has 1 heterocycles. The maximum absolute atomic E-state index is 10.8. The summed E-state index contributed by atoms with van der Waals surface area (Å²) in [7, 11) is 0. The minimum atomic E-state index is -1.11. The molecule has 72 valence electrons. The van der Waals surface area contributed by atoms with Crippen molar-refractivity contribution in [2.45, 2.75) is 0 Å². The highest BCUT2D eigenvalue weighted by Crippen LogP contribution is 2.19. The number of nitrogens with one attached hydrogen (secondary N) is 1. The van der Waals surface area contributed by atoms with Crippen LogP contribution in [0.4, 0.5) is 5.69 Å². The summed E-state index contributed by atoms with van der Waals surface area (Å²) < 4.78 is 9.25. The van der Waals surface area contributed by atoms with E-state index < -0.39 is 11.3 Å². The average molecular weight is 195 g/mol. The highest BCUT2D eigenvalue weighted by molar-refractivity contribution is 5.83. The standard InChI is InChI=1S/C8H5NO5/c10-7-8(11)14-6-4(9-12)2-1-3-5(6)13-7/h1-3,9,12H. The normalized spacial score (nSPS) is 10.4. The van der Waals surface area contributed by atoms with Gasteiger partial charge < -0.3 is 8.83 Å². The number of hydrogen-bond donors (Lipinski definition) is 2. The lowest BCUT2D eigenvalue weighted by Crippen LogP contribution is -2.21. The topological polar surface area (TPSA) is 92.7 Å². The molecule has 0 saturated heterocycles. The molecule has 14 heavy (non-hydrogen) atoms. The summed E-state index contributed by atoms with van der Waals surface area (Å²) in [4.78, 5) is 21.6. The smallest absolute Gasteiger partial charge is 0.414 e. The zero-order valence-corrected chi connectivity index (χ0v) is 6.81. The van der Waals surface area contributed by atoms with E-state index in [0.717, 1.165) is 0 Å². The molecular formula is C8H5NO5. The monoisotopic (exact) mass is 195 g/mol. The summed E-state index contributed by atoms with van der Waals surface area (Å²) >= 11 is 0. The van der Waals surface area contributed by atoms with Crippen molar-refractivity contribution in [1.82, 2.24) is 0 Å². The third-order valence-corrected chi connectivity index (χ3v) is 1.66. The molecule has 0 aliphatic rings. The van der Waals surface area contributed by atoms with Crippen molar-refractivity contribution in [3.8, 4) is 0 Å². The molecule has 0 bridgehead atoms. The summed E-state index contributed by atoms with van der Waals surface area (Å²) in [6.07, 6.45) is 0. The van der Waals surface area contributed by atoms with Crippen molar-refractivity contribution < 1.29 is 14.0 Å². The Hall–Kier alpha value is -2.08. The van der Waals surface area contributed by atoms with Gasteiger partial charge in [0.05, 0.1) is 0 Å². The fraction of sp³-hybridized carbons (Fsp3) is 0. The quantitative estimate of drug-likeness (QED) is 0.509. The number of rotatable bonds is 1. The van der Waals surface area contributed by atoms with Crippen molar-refractivity contribution in [2.75, 3.05) is 5.48 Å². The number of benzene rings is 1. The molecular weight excluding hydrogens is 190 g/mol. The van der Waals surface area contributed by atoms with Crippen LogP contribution in [0.5, 0.6) is 0 Å². The van der Waals surface area contributed by atoms with Crippen molar-refractivity contribution in [3.63, 3.8) is 0 Å². The Balaban J connectivity index is 2.95. The van der Waals surface area contributed by atoms with Crippen LogP contribution in [0.3, 0.4) is 0 Å². The molecule has 6 heteroatoms. The van der Waals surface area contributed by atoms with E-state index in [1.807, 2.05) is 5.48 Å². The second kappa shape index (κ2) is 3.00. The van der Waals surface area contributed by atoms with E-state index in [2.05, 4.69) is 8.83 Å². The lowest BCUT2D eigenvalue weighted by Gasteiger charge is -1.99. The molecule has 0 aliphatic carbocycles. The maximum Gasteiger partial charge on any atom is 0.423 e. The number of fused-ring (bicyclic) bond motifs is 1. The van der Waals surface area contributed by atoms with Crippen molar-refractivity contribution >= 4 is 16.9 Å². The number of hydrogen-bond acceptors (Lipinski definition) is 6. The van der Waals surface area contributed by atoms with Gasteiger partial charge in [-0.25, -0.2) is 9.59 Å². The van der Waals surface area contributed by atoms with Crippen LogP contribution in [0.15, 0.2) is 36.6 Å². The second-order valence-electron chi connectivity index (χ2n) is 2.52. The average Bonchev–Trinajstić information content (AvgIpc) is 2.19. The lowest BCUT2D eigenvalue weighted by molar-refractivity contribution is 0.385. The first-order chi connectivity index (χ1) is 6.72. The SMILES string of the molecule is O=c1oc2cccc(NO)c2oc1=O. The number of para-hydroxylation sites is 1. The molecule has 6 nitrogen and oxygen atoms in total. The third-order valence-electron chi connectivity index (χ3n) is 1.66. The van der Waals surface area contributed by atoms with Gasteiger partial charge in [-0.15, -0.1) is 0 Å². The molecule has 0 unspecified atom stereocenters. The van der Waals surface area contributed by atoms with Gasteiger partial charge >= 0.3 is 11.3 Å². The van der Waals surface area contributed by atoms with E-state index in [4.69, 9.17) is 5.21 Å². The van der Waals surface area contributed by atoms with Gasteiger partial charge in [0, 0.05) is 0 Å². The Kier molecular flexibility index (Phi) is 1.83. The lowest BCUT2D eigenvalue weighted by atomic mass is 10.3. The van der Waals surface area contributed by atoms with Gasteiger partial charge in [-0.2, -0.15) is 0 Å². The van der Waals surface area contributed by atoms with Gasteiger partial charge in [0.15, 0.2) is 11.2 Å². The van der Waals surface area contributed by atoms with Crippen LogP contribution >= 0.6 is 0 Å².